The summed E-state index contributed by atoms with van der Waals surface area (Å²) in [5, 5.41) is 0. The highest BCUT2D eigenvalue weighted by Crippen LogP contribution is 2.21. The maximum atomic E-state index is 11.5. The number of esters is 1. The molecule has 0 aromatic rings. The average Bonchev–Trinajstić information content (AvgIpc) is 2.20. The predicted octanol–water partition coefficient (Wildman–Crippen LogP) is 3.65. The number of ether oxygens (including phenoxy) is 1. The molecule has 0 aliphatic heterocycles. The molecule has 108 valence electrons. The monoisotopic (exact) mass is 257 g/mol. The molecule has 0 spiro atoms. The SMILES string of the molecule is CCCCCCCOC(=O)CC(N)CC(C)(C)C. The number of rotatable bonds is 9. The van der Waals surface area contributed by atoms with Gasteiger partial charge in [-0.3, -0.25) is 4.79 Å². The normalized spacial score (nSPS) is 13.4. The summed E-state index contributed by atoms with van der Waals surface area (Å²) in [6, 6.07) is -0.0856. The van der Waals surface area contributed by atoms with Gasteiger partial charge in [0, 0.05) is 6.04 Å². The van der Waals surface area contributed by atoms with Gasteiger partial charge in [0.2, 0.25) is 0 Å². The van der Waals surface area contributed by atoms with Gasteiger partial charge < -0.3 is 10.5 Å². The van der Waals surface area contributed by atoms with Gasteiger partial charge in [0.1, 0.15) is 0 Å². The summed E-state index contributed by atoms with van der Waals surface area (Å²) in [4.78, 5) is 11.5. The molecule has 0 radical (unpaired) electrons. The number of carbonyl (C=O) groups excluding carboxylic acids is 1. The number of hydrogen-bond donors (Lipinski definition) is 1. The fourth-order valence-corrected chi connectivity index (χ4v) is 2.02. The van der Waals surface area contributed by atoms with Gasteiger partial charge in [-0.05, 0) is 18.3 Å². The van der Waals surface area contributed by atoms with Crippen molar-refractivity contribution in [2.75, 3.05) is 6.61 Å². The summed E-state index contributed by atoms with van der Waals surface area (Å²) in [5.74, 6) is -0.151. The standard InChI is InChI=1S/C15H31NO2/c1-5-6-7-8-9-10-18-14(17)11-13(16)12-15(2,3)4/h13H,5-12,16H2,1-4H3. The first-order valence-corrected chi connectivity index (χ1v) is 7.26. The van der Waals surface area contributed by atoms with E-state index in [0.717, 1.165) is 19.3 Å². The van der Waals surface area contributed by atoms with E-state index in [2.05, 4.69) is 27.7 Å². The molecule has 0 fully saturated rings. The molecule has 18 heavy (non-hydrogen) atoms. The van der Waals surface area contributed by atoms with Crippen LogP contribution in [0.15, 0.2) is 0 Å². The molecule has 0 aromatic heterocycles. The lowest BCUT2D eigenvalue weighted by Gasteiger charge is -2.22. The third-order valence-electron chi connectivity index (χ3n) is 2.81. The molecule has 2 N–H and O–H groups in total. The Morgan fingerprint density at radius 3 is 2.33 bits per heavy atom. The van der Waals surface area contributed by atoms with Crippen molar-refractivity contribution in [3.05, 3.63) is 0 Å². The highest BCUT2D eigenvalue weighted by molar-refractivity contribution is 5.70. The van der Waals surface area contributed by atoms with Gasteiger partial charge >= 0.3 is 5.97 Å². The van der Waals surface area contributed by atoms with Crippen molar-refractivity contribution in [2.24, 2.45) is 11.1 Å². The molecule has 0 heterocycles. The molecule has 3 nitrogen and oxygen atoms in total. The molecule has 0 saturated heterocycles. The van der Waals surface area contributed by atoms with Crippen LogP contribution in [0, 0.1) is 5.41 Å². The van der Waals surface area contributed by atoms with Crippen LogP contribution < -0.4 is 5.73 Å². The predicted molar refractivity (Wildman–Crippen MR) is 76.4 cm³/mol. The maximum Gasteiger partial charge on any atom is 0.307 e. The van der Waals surface area contributed by atoms with Crippen molar-refractivity contribution in [1.29, 1.82) is 0 Å². The summed E-state index contributed by atoms with van der Waals surface area (Å²) in [7, 11) is 0. The molecular weight excluding hydrogens is 226 g/mol. The van der Waals surface area contributed by atoms with Crippen LogP contribution in [0.2, 0.25) is 0 Å². The molecule has 0 aromatic carbocycles. The number of carbonyl (C=O) groups is 1. The fraction of sp³-hybridized carbons (Fsp3) is 0.933. The molecule has 0 bridgehead atoms. The van der Waals surface area contributed by atoms with Crippen molar-refractivity contribution in [1.82, 2.24) is 0 Å². The Bertz CT molecular complexity index is 221. The number of unbranched alkanes of at least 4 members (excludes halogenated alkanes) is 4. The van der Waals surface area contributed by atoms with E-state index >= 15 is 0 Å². The van der Waals surface area contributed by atoms with E-state index in [1.807, 2.05) is 0 Å². The van der Waals surface area contributed by atoms with Crippen molar-refractivity contribution in [2.45, 2.75) is 78.7 Å². The van der Waals surface area contributed by atoms with Gasteiger partial charge in [-0.25, -0.2) is 0 Å². The zero-order valence-corrected chi connectivity index (χ0v) is 12.6. The van der Waals surface area contributed by atoms with Gasteiger partial charge in [-0.1, -0.05) is 53.4 Å². The van der Waals surface area contributed by atoms with Crippen LogP contribution in [0.25, 0.3) is 0 Å². The molecule has 0 rings (SSSR count). The zero-order valence-electron chi connectivity index (χ0n) is 12.6. The first kappa shape index (κ1) is 17.4. The van der Waals surface area contributed by atoms with E-state index in [0.29, 0.717) is 13.0 Å². The lowest BCUT2D eigenvalue weighted by Crippen LogP contribution is -2.29. The quantitative estimate of drug-likeness (QED) is 0.506. The van der Waals surface area contributed by atoms with Crippen LogP contribution in [0.1, 0.15) is 72.6 Å². The average molecular weight is 257 g/mol. The van der Waals surface area contributed by atoms with Gasteiger partial charge in [0.05, 0.1) is 13.0 Å². The number of hydrogen-bond acceptors (Lipinski definition) is 3. The lowest BCUT2D eigenvalue weighted by atomic mass is 9.87. The molecule has 1 unspecified atom stereocenters. The topological polar surface area (TPSA) is 52.3 Å². The molecule has 1 atom stereocenters. The molecule has 3 heteroatoms. The molecule has 0 saturated carbocycles. The van der Waals surface area contributed by atoms with Crippen molar-refractivity contribution < 1.29 is 9.53 Å². The Labute approximate surface area is 112 Å². The Hall–Kier alpha value is -0.570. The fourth-order valence-electron chi connectivity index (χ4n) is 2.02. The second kappa shape index (κ2) is 9.37. The van der Waals surface area contributed by atoms with Crippen molar-refractivity contribution in [3.8, 4) is 0 Å². The van der Waals surface area contributed by atoms with Gasteiger partial charge in [-0.2, -0.15) is 0 Å². The summed E-state index contributed by atoms with van der Waals surface area (Å²) in [6.45, 7) is 9.13. The largest absolute Gasteiger partial charge is 0.466 e. The van der Waals surface area contributed by atoms with E-state index < -0.39 is 0 Å². The third kappa shape index (κ3) is 11.9. The Kier molecular flexibility index (Phi) is 9.08. The Balaban J connectivity index is 3.53. The van der Waals surface area contributed by atoms with Crippen LogP contribution in [0.4, 0.5) is 0 Å². The summed E-state index contributed by atoms with van der Waals surface area (Å²) < 4.78 is 5.19. The van der Waals surface area contributed by atoms with E-state index in [1.165, 1.54) is 19.3 Å². The van der Waals surface area contributed by atoms with E-state index in [1.54, 1.807) is 0 Å². The van der Waals surface area contributed by atoms with Crippen LogP contribution >= 0.6 is 0 Å². The van der Waals surface area contributed by atoms with E-state index in [4.69, 9.17) is 10.5 Å². The van der Waals surface area contributed by atoms with Crippen LogP contribution in [0.5, 0.6) is 0 Å². The van der Waals surface area contributed by atoms with E-state index in [9.17, 15) is 4.79 Å². The molecule has 0 amide bonds. The summed E-state index contributed by atoms with van der Waals surface area (Å²) in [6.07, 6.45) is 7.05. The van der Waals surface area contributed by atoms with Crippen molar-refractivity contribution in [3.63, 3.8) is 0 Å². The zero-order chi connectivity index (χ0) is 14.0. The summed E-state index contributed by atoms with van der Waals surface area (Å²) >= 11 is 0. The molecular formula is C15H31NO2. The minimum Gasteiger partial charge on any atom is -0.466 e. The van der Waals surface area contributed by atoms with Gasteiger partial charge in [0.15, 0.2) is 0 Å². The van der Waals surface area contributed by atoms with Crippen LogP contribution in [-0.2, 0) is 9.53 Å². The summed E-state index contributed by atoms with van der Waals surface area (Å²) in [5.41, 5.74) is 6.10. The Morgan fingerprint density at radius 1 is 1.17 bits per heavy atom. The lowest BCUT2D eigenvalue weighted by molar-refractivity contribution is -0.144. The highest BCUT2D eigenvalue weighted by atomic mass is 16.5. The second-order valence-corrected chi connectivity index (χ2v) is 6.36. The third-order valence-corrected chi connectivity index (χ3v) is 2.81. The second-order valence-electron chi connectivity index (χ2n) is 6.36. The maximum absolute atomic E-state index is 11.5. The number of nitrogens with two attached hydrogens (primary N) is 1. The smallest absolute Gasteiger partial charge is 0.307 e. The molecule has 0 aliphatic rings. The first-order chi connectivity index (χ1) is 8.35. The van der Waals surface area contributed by atoms with Gasteiger partial charge in [-0.15, -0.1) is 0 Å². The van der Waals surface area contributed by atoms with Gasteiger partial charge in [0.25, 0.3) is 0 Å². The van der Waals surface area contributed by atoms with E-state index in [-0.39, 0.29) is 17.4 Å². The molecule has 0 aliphatic carbocycles. The Morgan fingerprint density at radius 2 is 1.78 bits per heavy atom. The van der Waals surface area contributed by atoms with Crippen molar-refractivity contribution >= 4 is 5.97 Å². The highest BCUT2D eigenvalue weighted by Gasteiger charge is 2.18. The van der Waals surface area contributed by atoms with Crippen LogP contribution in [-0.4, -0.2) is 18.6 Å². The minimum absolute atomic E-state index is 0.0856. The minimum atomic E-state index is -0.151. The van der Waals surface area contributed by atoms with Crippen LogP contribution in [0.3, 0.4) is 0 Å². The first-order valence-electron chi connectivity index (χ1n) is 7.26.